The van der Waals surface area contributed by atoms with E-state index in [-0.39, 0.29) is 17.5 Å². The highest BCUT2D eigenvalue weighted by Gasteiger charge is 2.33. The number of amides is 2. The van der Waals surface area contributed by atoms with Gasteiger partial charge in [0.25, 0.3) is 5.91 Å². The number of benzene rings is 1. The Bertz CT molecular complexity index is 986. The first-order valence-corrected chi connectivity index (χ1v) is 11.6. The van der Waals surface area contributed by atoms with Crippen LogP contribution in [0.2, 0.25) is 0 Å². The summed E-state index contributed by atoms with van der Waals surface area (Å²) in [6.45, 7) is 7.24. The zero-order valence-electron chi connectivity index (χ0n) is 19.5. The fourth-order valence-corrected chi connectivity index (χ4v) is 3.90. The number of rotatable bonds is 8. The van der Waals surface area contributed by atoms with Gasteiger partial charge >= 0.3 is 6.18 Å². The fraction of sp³-hybridized carbons (Fsp3) is 0.480. The van der Waals surface area contributed by atoms with Gasteiger partial charge < -0.3 is 10.6 Å². The minimum Gasteiger partial charge on any atom is -0.356 e. The van der Waals surface area contributed by atoms with Crippen LogP contribution in [0.3, 0.4) is 0 Å². The summed E-state index contributed by atoms with van der Waals surface area (Å²) >= 11 is 0. The molecule has 0 spiro atoms. The summed E-state index contributed by atoms with van der Waals surface area (Å²) in [6.07, 6.45) is -2.05. The lowest BCUT2D eigenvalue weighted by Gasteiger charge is -2.31. The van der Waals surface area contributed by atoms with Crippen LogP contribution in [0.1, 0.15) is 54.9 Å². The molecule has 184 valence electrons. The van der Waals surface area contributed by atoms with E-state index in [1.807, 2.05) is 6.07 Å². The molecule has 2 heterocycles. The average molecular weight is 477 g/mol. The van der Waals surface area contributed by atoms with Crippen molar-refractivity contribution in [3.8, 4) is 0 Å². The summed E-state index contributed by atoms with van der Waals surface area (Å²) < 4.78 is 38.6. The van der Waals surface area contributed by atoms with E-state index in [0.29, 0.717) is 24.7 Å². The van der Waals surface area contributed by atoms with Crippen molar-refractivity contribution in [2.45, 2.75) is 45.8 Å². The predicted molar refractivity (Wildman–Crippen MR) is 124 cm³/mol. The van der Waals surface area contributed by atoms with Crippen LogP contribution in [-0.4, -0.2) is 41.3 Å². The van der Waals surface area contributed by atoms with Crippen molar-refractivity contribution < 1.29 is 22.8 Å². The van der Waals surface area contributed by atoms with E-state index in [1.54, 1.807) is 18.2 Å². The van der Waals surface area contributed by atoms with Gasteiger partial charge in [-0.15, -0.1) is 0 Å². The quantitative estimate of drug-likeness (QED) is 0.578. The SMILES string of the molecule is CC(C)CCNC(=O)C1CCN(Cc2cccc(NC(=O)c3cccc(C(F)(F)F)n3)c2)CC1. The van der Waals surface area contributed by atoms with Gasteiger partial charge in [0.15, 0.2) is 0 Å². The molecule has 0 unspecified atom stereocenters. The summed E-state index contributed by atoms with van der Waals surface area (Å²) in [6, 6.07) is 10.4. The molecule has 1 fully saturated rings. The molecule has 1 aromatic carbocycles. The Kier molecular flexibility index (Phi) is 8.66. The van der Waals surface area contributed by atoms with Crippen molar-refractivity contribution in [1.29, 1.82) is 0 Å². The second-order valence-corrected chi connectivity index (χ2v) is 9.08. The summed E-state index contributed by atoms with van der Waals surface area (Å²) in [5.41, 5.74) is 0.0515. The average Bonchev–Trinajstić information content (AvgIpc) is 2.79. The van der Waals surface area contributed by atoms with Gasteiger partial charge in [-0.05, 0) is 68.1 Å². The number of pyridine rings is 1. The van der Waals surface area contributed by atoms with E-state index < -0.39 is 17.8 Å². The molecule has 1 aliphatic rings. The molecule has 2 N–H and O–H groups in total. The van der Waals surface area contributed by atoms with Gasteiger partial charge in [0, 0.05) is 24.7 Å². The Morgan fingerprint density at radius 1 is 1.12 bits per heavy atom. The van der Waals surface area contributed by atoms with Crippen LogP contribution in [0.25, 0.3) is 0 Å². The summed E-state index contributed by atoms with van der Waals surface area (Å²) in [5.74, 6) is 0.0266. The Balaban J connectivity index is 1.52. The number of hydrogen-bond acceptors (Lipinski definition) is 4. The van der Waals surface area contributed by atoms with Crippen molar-refractivity contribution in [2.75, 3.05) is 25.0 Å². The number of hydrogen-bond donors (Lipinski definition) is 2. The molecule has 1 aliphatic heterocycles. The van der Waals surface area contributed by atoms with Gasteiger partial charge in [0.1, 0.15) is 11.4 Å². The molecule has 1 aromatic heterocycles. The molecule has 34 heavy (non-hydrogen) atoms. The lowest BCUT2D eigenvalue weighted by molar-refractivity contribution is -0.141. The van der Waals surface area contributed by atoms with Crippen LogP contribution in [0.15, 0.2) is 42.5 Å². The molecule has 3 rings (SSSR count). The monoisotopic (exact) mass is 476 g/mol. The largest absolute Gasteiger partial charge is 0.433 e. The van der Waals surface area contributed by atoms with Crippen LogP contribution in [0.5, 0.6) is 0 Å². The fourth-order valence-electron chi connectivity index (χ4n) is 3.90. The van der Waals surface area contributed by atoms with E-state index in [0.717, 1.165) is 50.0 Å². The van der Waals surface area contributed by atoms with Crippen molar-refractivity contribution in [2.24, 2.45) is 11.8 Å². The first kappa shape index (κ1) is 25.7. The predicted octanol–water partition coefficient (Wildman–Crippen LogP) is 4.73. The second kappa shape index (κ2) is 11.5. The molecular formula is C25H31F3N4O2. The van der Waals surface area contributed by atoms with Gasteiger partial charge in [0.2, 0.25) is 5.91 Å². The van der Waals surface area contributed by atoms with Crippen LogP contribution in [0, 0.1) is 11.8 Å². The highest BCUT2D eigenvalue weighted by molar-refractivity contribution is 6.02. The molecule has 0 atom stereocenters. The minimum absolute atomic E-state index is 0.0361. The van der Waals surface area contributed by atoms with Crippen molar-refractivity contribution in [3.63, 3.8) is 0 Å². The Morgan fingerprint density at radius 3 is 2.50 bits per heavy atom. The Labute approximate surface area is 197 Å². The third-order valence-corrected chi connectivity index (χ3v) is 5.84. The Hall–Kier alpha value is -2.94. The van der Waals surface area contributed by atoms with E-state index in [4.69, 9.17) is 0 Å². The van der Waals surface area contributed by atoms with Gasteiger partial charge in [-0.2, -0.15) is 13.2 Å². The molecule has 6 nitrogen and oxygen atoms in total. The number of nitrogens with zero attached hydrogens (tertiary/aromatic N) is 2. The summed E-state index contributed by atoms with van der Waals surface area (Å²) in [4.78, 5) is 30.4. The van der Waals surface area contributed by atoms with Crippen molar-refractivity contribution in [1.82, 2.24) is 15.2 Å². The maximum absolute atomic E-state index is 12.9. The van der Waals surface area contributed by atoms with E-state index >= 15 is 0 Å². The van der Waals surface area contributed by atoms with E-state index in [1.165, 1.54) is 6.07 Å². The molecule has 0 bridgehead atoms. The van der Waals surface area contributed by atoms with Crippen molar-refractivity contribution >= 4 is 17.5 Å². The number of aromatic nitrogens is 1. The number of halogens is 3. The molecule has 0 aliphatic carbocycles. The van der Waals surface area contributed by atoms with Gasteiger partial charge in [-0.25, -0.2) is 4.98 Å². The molecule has 1 saturated heterocycles. The zero-order chi connectivity index (χ0) is 24.7. The number of alkyl halides is 3. The number of carbonyl (C=O) groups excluding carboxylic acids is 2. The number of piperidine rings is 1. The maximum atomic E-state index is 12.9. The highest BCUT2D eigenvalue weighted by Crippen LogP contribution is 2.27. The number of anilines is 1. The van der Waals surface area contributed by atoms with Crippen LogP contribution < -0.4 is 10.6 Å². The van der Waals surface area contributed by atoms with Crippen LogP contribution in [0.4, 0.5) is 18.9 Å². The third-order valence-electron chi connectivity index (χ3n) is 5.84. The van der Waals surface area contributed by atoms with E-state index in [2.05, 4.69) is 34.4 Å². The molecular weight excluding hydrogens is 445 g/mol. The molecule has 0 saturated carbocycles. The van der Waals surface area contributed by atoms with Gasteiger partial charge in [0.05, 0.1) is 0 Å². The number of nitrogens with one attached hydrogen (secondary N) is 2. The normalized spacial score (nSPS) is 15.4. The van der Waals surface area contributed by atoms with Crippen LogP contribution in [-0.2, 0) is 17.5 Å². The molecule has 9 heteroatoms. The number of carbonyl (C=O) groups is 2. The smallest absolute Gasteiger partial charge is 0.356 e. The molecule has 2 aromatic rings. The van der Waals surface area contributed by atoms with E-state index in [9.17, 15) is 22.8 Å². The number of likely N-dealkylation sites (tertiary alicyclic amines) is 1. The second-order valence-electron chi connectivity index (χ2n) is 9.08. The molecule has 0 radical (unpaired) electrons. The molecule has 2 amide bonds. The first-order valence-electron chi connectivity index (χ1n) is 11.6. The summed E-state index contributed by atoms with van der Waals surface area (Å²) in [5, 5.41) is 5.66. The van der Waals surface area contributed by atoms with Gasteiger partial charge in [-0.3, -0.25) is 14.5 Å². The zero-order valence-corrected chi connectivity index (χ0v) is 19.5. The van der Waals surface area contributed by atoms with Crippen molar-refractivity contribution in [3.05, 3.63) is 59.4 Å². The maximum Gasteiger partial charge on any atom is 0.433 e. The highest BCUT2D eigenvalue weighted by atomic mass is 19.4. The third kappa shape index (κ3) is 7.55. The minimum atomic E-state index is -4.61. The standard InChI is InChI=1S/C25H31F3N4O2/c1-17(2)9-12-29-23(33)19-10-13-32(14-11-19)16-18-5-3-6-20(15-18)30-24(34)21-7-4-8-22(31-21)25(26,27)28/h3-8,15,17,19H,9-14,16H2,1-2H3,(H,29,33)(H,30,34). The summed E-state index contributed by atoms with van der Waals surface area (Å²) in [7, 11) is 0. The topological polar surface area (TPSA) is 74.3 Å². The first-order chi connectivity index (χ1) is 16.1. The Morgan fingerprint density at radius 2 is 1.82 bits per heavy atom. The van der Waals surface area contributed by atoms with Crippen LogP contribution >= 0.6 is 0 Å². The lowest BCUT2D eigenvalue weighted by Crippen LogP contribution is -2.40. The van der Waals surface area contributed by atoms with Gasteiger partial charge in [-0.1, -0.05) is 32.0 Å². The lowest BCUT2D eigenvalue weighted by atomic mass is 9.95.